The number of piperazine rings is 1. The number of alkyl halides is 3. The van der Waals surface area contributed by atoms with E-state index in [2.05, 4.69) is 5.32 Å². The lowest BCUT2D eigenvalue weighted by atomic mass is 10.0. The zero-order chi connectivity index (χ0) is 21.6. The fourth-order valence-corrected chi connectivity index (χ4v) is 2.73. The Balaban J connectivity index is 0.000000370. The van der Waals surface area contributed by atoms with Crippen LogP contribution in [0.3, 0.4) is 0 Å². The molecule has 29 heavy (non-hydrogen) atoms. The summed E-state index contributed by atoms with van der Waals surface area (Å²) in [5.41, 5.74) is 1.83. The maximum absolute atomic E-state index is 13.9. The first-order chi connectivity index (χ1) is 13.6. The maximum atomic E-state index is 13.9. The number of hydrogen-bond acceptors (Lipinski definition) is 3. The number of nitrogens with one attached hydrogen (secondary N) is 1. The first kappa shape index (κ1) is 22.6. The Kier molecular flexibility index (Phi) is 7.58. The second kappa shape index (κ2) is 9.71. The van der Waals surface area contributed by atoms with E-state index in [9.17, 15) is 22.4 Å². The van der Waals surface area contributed by atoms with Gasteiger partial charge < -0.3 is 15.3 Å². The predicted molar refractivity (Wildman–Crippen MR) is 99.3 cm³/mol. The van der Waals surface area contributed by atoms with Crippen molar-refractivity contribution in [3.8, 4) is 11.1 Å². The molecule has 1 aliphatic heterocycles. The Morgan fingerprint density at radius 2 is 1.59 bits per heavy atom. The van der Waals surface area contributed by atoms with Gasteiger partial charge in [0.25, 0.3) is 5.91 Å². The van der Waals surface area contributed by atoms with E-state index in [0.29, 0.717) is 29.2 Å². The predicted octanol–water partition coefficient (Wildman–Crippen LogP) is 3.82. The molecule has 0 spiro atoms. The quantitative estimate of drug-likeness (QED) is 0.708. The van der Waals surface area contributed by atoms with Gasteiger partial charge in [0.1, 0.15) is 5.82 Å². The minimum atomic E-state index is -5.08. The Morgan fingerprint density at radius 3 is 2.07 bits per heavy atom. The Bertz CT molecular complexity index is 867. The Hall–Kier alpha value is -2.65. The van der Waals surface area contributed by atoms with Crippen LogP contribution in [0.4, 0.5) is 17.6 Å². The molecule has 0 saturated carbocycles. The summed E-state index contributed by atoms with van der Waals surface area (Å²) in [6.45, 7) is 3.07. The van der Waals surface area contributed by atoms with Crippen molar-refractivity contribution in [2.24, 2.45) is 0 Å². The number of carboxylic acid groups (broad SMARTS) is 1. The van der Waals surface area contributed by atoms with Gasteiger partial charge in [-0.1, -0.05) is 23.7 Å². The molecular weight excluding hydrogens is 416 g/mol. The number of halogens is 5. The van der Waals surface area contributed by atoms with Crippen LogP contribution in [0.2, 0.25) is 5.02 Å². The SMILES string of the molecule is O=C(O)C(F)(F)F.O=C(c1ccc(-c2ccc(Cl)cc2F)cc1)N1CCNCC1. The largest absolute Gasteiger partial charge is 0.490 e. The monoisotopic (exact) mass is 432 g/mol. The third kappa shape index (κ3) is 6.43. The number of carbonyl (C=O) groups is 2. The first-order valence-electron chi connectivity index (χ1n) is 8.45. The molecule has 1 amide bonds. The van der Waals surface area contributed by atoms with Crippen molar-refractivity contribution in [1.29, 1.82) is 0 Å². The number of amides is 1. The number of benzene rings is 2. The fraction of sp³-hybridized carbons (Fsp3) is 0.263. The number of nitrogens with zero attached hydrogens (tertiary/aromatic N) is 1. The van der Waals surface area contributed by atoms with Gasteiger partial charge in [-0.3, -0.25) is 4.79 Å². The van der Waals surface area contributed by atoms with E-state index in [-0.39, 0.29) is 11.7 Å². The maximum Gasteiger partial charge on any atom is 0.490 e. The van der Waals surface area contributed by atoms with E-state index in [1.807, 2.05) is 4.90 Å². The molecule has 3 rings (SSSR count). The van der Waals surface area contributed by atoms with E-state index in [4.69, 9.17) is 21.5 Å². The molecule has 1 aliphatic rings. The normalized spacial score (nSPS) is 14.0. The van der Waals surface area contributed by atoms with Crippen LogP contribution < -0.4 is 5.32 Å². The molecule has 1 heterocycles. The van der Waals surface area contributed by atoms with Gasteiger partial charge in [0.05, 0.1) is 0 Å². The van der Waals surface area contributed by atoms with Crippen molar-refractivity contribution in [2.45, 2.75) is 6.18 Å². The summed E-state index contributed by atoms with van der Waals surface area (Å²) in [5.74, 6) is -3.11. The van der Waals surface area contributed by atoms with E-state index in [1.165, 1.54) is 6.07 Å². The molecule has 0 bridgehead atoms. The summed E-state index contributed by atoms with van der Waals surface area (Å²) >= 11 is 5.76. The minimum Gasteiger partial charge on any atom is -0.475 e. The minimum absolute atomic E-state index is 0.0182. The van der Waals surface area contributed by atoms with Crippen LogP contribution in [-0.4, -0.2) is 54.2 Å². The lowest BCUT2D eigenvalue weighted by Crippen LogP contribution is -2.46. The second-order valence-corrected chi connectivity index (χ2v) is 6.48. The van der Waals surface area contributed by atoms with Crippen LogP contribution in [0.25, 0.3) is 11.1 Å². The van der Waals surface area contributed by atoms with Crippen LogP contribution in [0.1, 0.15) is 10.4 Å². The first-order valence-corrected chi connectivity index (χ1v) is 8.83. The highest BCUT2D eigenvalue weighted by Crippen LogP contribution is 2.25. The third-order valence-electron chi connectivity index (χ3n) is 4.02. The highest BCUT2D eigenvalue weighted by Gasteiger charge is 2.38. The van der Waals surface area contributed by atoms with Crippen molar-refractivity contribution in [3.05, 3.63) is 58.9 Å². The number of rotatable bonds is 2. The number of aliphatic carboxylic acids is 1. The van der Waals surface area contributed by atoms with Gasteiger partial charge in [0.15, 0.2) is 0 Å². The highest BCUT2D eigenvalue weighted by molar-refractivity contribution is 6.30. The van der Waals surface area contributed by atoms with Gasteiger partial charge in [-0.05, 0) is 35.9 Å². The molecule has 0 unspecified atom stereocenters. The van der Waals surface area contributed by atoms with Crippen molar-refractivity contribution in [3.63, 3.8) is 0 Å². The van der Waals surface area contributed by atoms with Crippen molar-refractivity contribution >= 4 is 23.5 Å². The van der Waals surface area contributed by atoms with Crippen molar-refractivity contribution in [2.75, 3.05) is 26.2 Å². The lowest BCUT2D eigenvalue weighted by Gasteiger charge is -2.27. The van der Waals surface area contributed by atoms with Crippen LogP contribution in [-0.2, 0) is 4.79 Å². The summed E-state index contributed by atoms with van der Waals surface area (Å²) < 4.78 is 45.7. The average Bonchev–Trinajstić information content (AvgIpc) is 2.68. The van der Waals surface area contributed by atoms with Gasteiger partial charge in [-0.15, -0.1) is 0 Å². The second-order valence-electron chi connectivity index (χ2n) is 6.05. The molecule has 0 atom stereocenters. The molecule has 10 heteroatoms. The molecule has 5 nitrogen and oxygen atoms in total. The zero-order valence-electron chi connectivity index (χ0n) is 15.0. The van der Waals surface area contributed by atoms with Crippen LogP contribution in [0, 0.1) is 5.82 Å². The third-order valence-corrected chi connectivity index (χ3v) is 4.26. The summed E-state index contributed by atoms with van der Waals surface area (Å²) in [4.78, 5) is 23.1. The zero-order valence-corrected chi connectivity index (χ0v) is 15.7. The molecule has 2 aromatic carbocycles. The fourth-order valence-electron chi connectivity index (χ4n) is 2.57. The topological polar surface area (TPSA) is 69.6 Å². The van der Waals surface area contributed by atoms with E-state index in [1.54, 1.807) is 36.4 Å². The van der Waals surface area contributed by atoms with E-state index >= 15 is 0 Å². The van der Waals surface area contributed by atoms with Gasteiger partial charge in [-0.2, -0.15) is 13.2 Å². The van der Waals surface area contributed by atoms with Gasteiger partial charge >= 0.3 is 12.1 Å². The highest BCUT2D eigenvalue weighted by atomic mass is 35.5. The molecule has 0 aliphatic carbocycles. The van der Waals surface area contributed by atoms with Crippen molar-refractivity contribution in [1.82, 2.24) is 10.2 Å². The average molecular weight is 433 g/mol. The van der Waals surface area contributed by atoms with E-state index < -0.39 is 12.1 Å². The standard InChI is InChI=1S/C17H16ClFN2O.C2HF3O2/c18-14-5-6-15(16(19)11-14)12-1-3-13(4-2-12)17(22)21-9-7-20-8-10-21;3-2(4,5)1(6)7/h1-6,11,20H,7-10H2;(H,6,7). The molecule has 156 valence electrons. The molecule has 0 aromatic heterocycles. The molecule has 2 N–H and O–H groups in total. The van der Waals surface area contributed by atoms with Crippen LogP contribution in [0.15, 0.2) is 42.5 Å². The Morgan fingerprint density at radius 1 is 1.03 bits per heavy atom. The molecule has 0 radical (unpaired) electrons. The molecular formula is C19H17ClF4N2O3. The summed E-state index contributed by atoms with van der Waals surface area (Å²) in [6, 6.07) is 11.6. The molecule has 1 saturated heterocycles. The number of hydrogen-bond donors (Lipinski definition) is 2. The van der Waals surface area contributed by atoms with E-state index in [0.717, 1.165) is 18.7 Å². The summed E-state index contributed by atoms with van der Waals surface area (Å²) in [7, 11) is 0. The van der Waals surface area contributed by atoms with Crippen LogP contribution >= 0.6 is 11.6 Å². The number of carbonyl (C=O) groups excluding carboxylic acids is 1. The number of carboxylic acids is 1. The van der Waals surface area contributed by atoms with Crippen molar-refractivity contribution < 1.29 is 32.3 Å². The summed E-state index contributed by atoms with van der Waals surface area (Å²) in [5, 5.41) is 10.7. The van der Waals surface area contributed by atoms with Gasteiger partial charge in [0.2, 0.25) is 0 Å². The van der Waals surface area contributed by atoms with Gasteiger partial charge in [-0.25, -0.2) is 9.18 Å². The smallest absolute Gasteiger partial charge is 0.475 e. The van der Waals surface area contributed by atoms with Crippen LogP contribution in [0.5, 0.6) is 0 Å². The lowest BCUT2D eigenvalue weighted by molar-refractivity contribution is -0.192. The Labute approximate surface area is 168 Å². The molecule has 2 aromatic rings. The summed E-state index contributed by atoms with van der Waals surface area (Å²) in [6.07, 6.45) is -5.08. The van der Waals surface area contributed by atoms with Gasteiger partial charge in [0, 0.05) is 42.3 Å². The molecule has 1 fully saturated rings.